The predicted octanol–water partition coefficient (Wildman–Crippen LogP) is 1.70. The lowest BCUT2D eigenvalue weighted by molar-refractivity contribution is -0.0147. The maximum Gasteiger partial charge on any atom is 0.0767 e. The van der Waals surface area contributed by atoms with Gasteiger partial charge in [-0.15, -0.1) is 0 Å². The van der Waals surface area contributed by atoms with Gasteiger partial charge in [0.1, 0.15) is 0 Å². The molecule has 3 N–H and O–H groups in total. The Morgan fingerprint density at radius 1 is 1.18 bits per heavy atom. The van der Waals surface area contributed by atoms with E-state index in [2.05, 4.69) is 0 Å². The number of hydrogen-bond acceptors (Lipinski definition) is 4. The molecular weight excluding hydrogens is 218 g/mol. The van der Waals surface area contributed by atoms with Crippen molar-refractivity contribution in [3.8, 4) is 0 Å². The van der Waals surface area contributed by atoms with Gasteiger partial charge in [0.25, 0.3) is 0 Å². The van der Waals surface area contributed by atoms with Gasteiger partial charge in [-0.25, -0.2) is 0 Å². The fourth-order valence-electron chi connectivity index (χ4n) is 1.45. The topological polar surface area (TPSA) is 64.7 Å². The highest BCUT2D eigenvalue weighted by atomic mass is 16.5. The van der Waals surface area contributed by atoms with Gasteiger partial charge >= 0.3 is 0 Å². The number of hydrogen-bond donors (Lipinski definition) is 2. The van der Waals surface area contributed by atoms with Crippen LogP contribution in [0.5, 0.6) is 0 Å². The third-order valence-electron chi connectivity index (χ3n) is 3.37. The first-order valence-electron chi connectivity index (χ1n) is 6.44. The van der Waals surface area contributed by atoms with E-state index in [-0.39, 0.29) is 5.60 Å². The van der Waals surface area contributed by atoms with Gasteiger partial charge in [-0.3, -0.25) is 0 Å². The Labute approximate surface area is 105 Å². The number of aliphatic hydroxyl groups is 1. The molecule has 0 rings (SSSR count). The molecule has 1 unspecified atom stereocenters. The molecule has 0 aliphatic heterocycles. The maximum absolute atomic E-state index is 9.95. The standard InChI is InChI=1S/C13H29NO3/c1-5-13(15,11-14)7-6-9-17-10-8-12(2,3)16-4/h15H,5-11,14H2,1-4H3. The minimum Gasteiger partial charge on any atom is -0.389 e. The summed E-state index contributed by atoms with van der Waals surface area (Å²) in [5.74, 6) is 0. The summed E-state index contributed by atoms with van der Waals surface area (Å²) in [6.07, 6.45) is 3.11. The largest absolute Gasteiger partial charge is 0.389 e. The number of ether oxygens (including phenoxy) is 2. The monoisotopic (exact) mass is 247 g/mol. The SMILES string of the molecule is CCC(O)(CN)CCCOCCC(C)(C)OC. The van der Waals surface area contributed by atoms with Gasteiger partial charge in [-0.1, -0.05) is 6.92 Å². The summed E-state index contributed by atoms with van der Waals surface area (Å²) in [6.45, 7) is 7.71. The van der Waals surface area contributed by atoms with E-state index >= 15 is 0 Å². The highest BCUT2D eigenvalue weighted by molar-refractivity contribution is 4.77. The lowest BCUT2D eigenvalue weighted by Crippen LogP contribution is -2.37. The molecule has 0 saturated heterocycles. The van der Waals surface area contributed by atoms with Crippen LogP contribution >= 0.6 is 0 Å². The van der Waals surface area contributed by atoms with Crippen LogP contribution in [0.1, 0.15) is 46.5 Å². The van der Waals surface area contributed by atoms with Crippen LogP contribution in [0.25, 0.3) is 0 Å². The zero-order valence-electron chi connectivity index (χ0n) is 11.8. The van der Waals surface area contributed by atoms with E-state index in [1.165, 1.54) is 0 Å². The maximum atomic E-state index is 9.95. The quantitative estimate of drug-likeness (QED) is 0.577. The van der Waals surface area contributed by atoms with E-state index < -0.39 is 5.60 Å². The van der Waals surface area contributed by atoms with Gasteiger partial charge < -0.3 is 20.3 Å². The molecule has 104 valence electrons. The Morgan fingerprint density at radius 2 is 1.82 bits per heavy atom. The third-order valence-corrected chi connectivity index (χ3v) is 3.37. The Kier molecular flexibility index (Phi) is 7.96. The predicted molar refractivity (Wildman–Crippen MR) is 70.1 cm³/mol. The zero-order chi connectivity index (χ0) is 13.4. The van der Waals surface area contributed by atoms with Gasteiger partial charge in [0.05, 0.1) is 11.2 Å². The molecule has 0 aliphatic rings. The van der Waals surface area contributed by atoms with Crippen molar-refractivity contribution < 1.29 is 14.6 Å². The Balaban J connectivity index is 3.53. The molecule has 0 saturated carbocycles. The molecular formula is C13H29NO3. The normalized spacial score (nSPS) is 15.9. The summed E-state index contributed by atoms with van der Waals surface area (Å²) in [5, 5.41) is 9.95. The second kappa shape index (κ2) is 8.03. The van der Waals surface area contributed by atoms with E-state index in [1.54, 1.807) is 7.11 Å². The highest BCUT2D eigenvalue weighted by Crippen LogP contribution is 2.16. The minimum atomic E-state index is -0.713. The Hall–Kier alpha value is -0.160. The second-order valence-electron chi connectivity index (χ2n) is 5.21. The fourth-order valence-corrected chi connectivity index (χ4v) is 1.45. The molecule has 4 heteroatoms. The Bertz CT molecular complexity index is 191. The summed E-state index contributed by atoms with van der Waals surface area (Å²) < 4.78 is 10.8. The van der Waals surface area contributed by atoms with E-state index in [0.29, 0.717) is 32.6 Å². The highest BCUT2D eigenvalue weighted by Gasteiger charge is 2.21. The van der Waals surface area contributed by atoms with Gasteiger partial charge in [0.15, 0.2) is 0 Å². The van der Waals surface area contributed by atoms with Crippen LogP contribution in [-0.4, -0.2) is 43.2 Å². The Morgan fingerprint density at radius 3 is 2.29 bits per heavy atom. The minimum absolute atomic E-state index is 0.124. The average molecular weight is 247 g/mol. The van der Waals surface area contributed by atoms with Gasteiger partial charge in [-0.05, 0) is 39.5 Å². The van der Waals surface area contributed by atoms with Crippen molar-refractivity contribution in [3.63, 3.8) is 0 Å². The van der Waals surface area contributed by atoms with Crippen LogP contribution in [0.15, 0.2) is 0 Å². The molecule has 0 spiro atoms. The first-order chi connectivity index (χ1) is 7.89. The van der Waals surface area contributed by atoms with Crippen molar-refractivity contribution in [1.82, 2.24) is 0 Å². The van der Waals surface area contributed by atoms with Gasteiger partial charge in [-0.2, -0.15) is 0 Å². The number of rotatable bonds is 10. The second-order valence-corrected chi connectivity index (χ2v) is 5.21. The molecule has 0 bridgehead atoms. The first-order valence-corrected chi connectivity index (χ1v) is 6.44. The van der Waals surface area contributed by atoms with Crippen LogP contribution in [0.3, 0.4) is 0 Å². The molecule has 0 radical (unpaired) electrons. The van der Waals surface area contributed by atoms with Crippen LogP contribution in [0, 0.1) is 0 Å². The van der Waals surface area contributed by atoms with E-state index in [4.69, 9.17) is 15.2 Å². The van der Waals surface area contributed by atoms with E-state index in [0.717, 1.165) is 12.8 Å². The van der Waals surface area contributed by atoms with Gasteiger partial charge in [0, 0.05) is 26.9 Å². The number of methoxy groups -OCH3 is 1. The molecule has 17 heavy (non-hydrogen) atoms. The average Bonchev–Trinajstić information content (AvgIpc) is 2.33. The molecule has 0 aromatic rings. The molecule has 0 heterocycles. The summed E-state index contributed by atoms with van der Waals surface area (Å²) in [5.41, 5.74) is 4.69. The lowest BCUT2D eigenvalue weighted by atomic mass is 9.95. The molecule has 0 aromatic carbocycles. The summed E-state index contributed by atoms with van der Waals surface area (Å²) in [7, 11) is 1.71. The zero-order valence-corrected chi connectivity index (χ0v) is 11.8. The fraction of sp³-hybridized carbons (Fsp3) is 1.00. The van der Waals surface area contributed by atoms with Crippen LogP contribution < -0.4 is 5.73 Å². The van der Waals surface area contributed by atoms with E-state index in [9.17, 15) is 5.11 Å². The summed E-state index contributed by atoms with van der Waals surface area (Å²) in [6, 6.07) is 0. The van der Waals surface area contributed by atoms with Crippen molar-refractivity contribution in [2.45, 2.75) is 57.7 Å². The van der Waals surface area contributed by atoms with Crippen LogP contribution in [-0.2, 0) is 9.47 Å². The van der Waals surface area contributed by atoms with Crippen LogP contribution in [0.2, 0.25) is 0 Å². The third kappa shape index (κ3) is 7.71. The van der Waals surface area contributed by atoms with E-state index in [1.807, 2.05) is 20.8 Å². The molecule has 0 fully saturated rings. The smallest absolute Gasteiger partial charge is 0.0767 e. The molecule has 0 aromatic heterocycles. The van der Waals surface area contributed by atoms with Crippen LogP contribution in [0.4, 0.5) is 0 Å². The molecule has 0 amide bonds. The van der Waals surface area contributed by atoms with Crippen molar-refractivity contribution in [1.29, 1.82) is 0 Å². The number of nitrogens with two attached hydrogens (primary N) is 1. The van der Waals surface area contributed by atoms with Crippen molar-refractivity contribution in [3.05, 3.63) is 0 Å². The molecule has 1 atom stereocenters. The lowest BCUT2D eigenvalue weighted by Gasteiger charge is -2.25. The van der Waals surface area contributed by atoms with Crippen molar-refractivity contribution in [2.24, 2.45) is 5.73 Å². The first kappa shape index (κ1) is 16.8. The summed E-state index contributed by atoms with van der Waals surface area (Å²) in [4.78, 5) is 0. The molecule has 0 aliphatic carbocycles. The molecule has 4 nitrogen and oxygen atoms in total. The van der Waals surface area contributed by atoms with Gasteiger partial charge in [0.2, 0.25) is 0 Å². The van der Waals surface area contributed by atoms with Crippen molar-refractivity contribution in [2.75, 3.05) is 26.9 Å². The van der Waals surface area contributed by atoms with Crippen molar-refractivity contribution >= 4 is 0 Å². The summed E-state index contributed by atoms with van der Waals surface area (Å²) >= 11 is 0.